The molecule has 0 fully saturated rings. The fraction of sp³-hybridized carbons (Fsp3) is 0.244. The van der Waals surface area contributed by atoms with Crippen LogP contribution in [-0.4, -0.2) is 65.1 Å². The van der Waals surface area contributed by atoms with E-state index in [1.807, 2.05) is 94.4 Å². The first-order valence-electron chi connectivity index (χ1n) is 17.8. The number of hydrogen-bond acceptors (Lipinski definition) is 9. The maximum absolute atomic E-state index is 13.8. The van der Waals surface area contributed by atoms with Crippen molar-refractivity contribution in [2.45, 2.75) is 46.1 Å². The van der Waals surface area contributed by atoms with Crippen LogP contribution in [0, 0.1) is 6.92 Å². The van der Waals surface area contributed by atoms with Gasteiger partial charge in [-0.25, -0.2) is 22.6 Å². The maximum Gasteiger partial charge on any atom is 0.407 e. The lowest BCUT2D eigenvalue weighted by Gasteiger charge is -2.24. The molecular formula is C41H44N8O6S. The summed E-state index contributed by atoms with van der Waals surface area (Å²) in [6, 6.07) is 27.8. The zero-order valence-electron chi connectivity index (χ0n) is 32.0. The number of carbonyl (C=O) groups excluding carboxylic acids is 2. The standard InChI is InChI=1S/C41H44N8O6S/c1-27-17-18-29(39(50)44-33-22-30(41(2,3)4)23-34(38(33)54-5)46-56(6,52)53)21-37(27)48-25-35(45-47-48)32-24-43-49(31-15-11-8-12-16-31)36(32)19-20-42-40(51)55-26-28-13-9-7-10-14-28/h7-18,21-25,46H,19-20,26H2,1-6H3,(H,42,51)(H,44,50). The van der Waals surface area contributed by atoms with E-state index in [1.54, 1.807) is 46.0 Å². The summed E-state index contributed by atoms with van der Waals surface area (Å²) in [5, 5.41) is 19.3. The van der Waals surface area contributed by atoms with Crippen LogP contribution in [0.15, 0.2) is 103 Å². The lowest BCUT2D eigenvalue weighted by molar-refractivity contribution is 0.102. The van der Waals surface area contributed by atoms with Gasteiger partial charge in [0.15, 0.2) is 5.75 Å². The Kier molecular flexibility index (Phi) is 11.5. The van der Waals surface area contributed by atoms with E-state index in [4.69, 9.17) is 9.47 Å². The van der Waals surface area contributed by atoms with Gasteiger partial charge < -0.3 is 20.1 Å². The monoisotopic (exact) mass is 776 g/mol. The van der Waals surface area contributed by atoms with Gasteiger partial charge in [-0.15, -0.1) is 5.10 Å². The third-order valence-electron chi connectivity index (χ3n) is 8.90. The molecule has 0 bridgehead atoms. The van der Waals surface area contributed by atoms with Gasteiger partial charge in [0, 0.05) is 24.1 Å². The number of aryl methyl sites for hydroxylation is 1. The number of nitrogens with one attached hydrogen (secondary N) is 3. The second kappa shape index (κ2) is 16.5. The molecular weight excluding hydrogens is 733 g/mol. The molecule has 2 amide bonds. The van der Waals surface area contributed by atoms with E-state index in [-0.39, 0.29) is 30.0 Å². The molecule has 0 aliphatic rings. The van der Waals surface area contributed by atoms with Gasteiger partial charge in [0.2, 0.25) is 10.0 Å². The van der Waals surface area contributed by atoms with Crippen LogP contribution in [-0.2, 0) is 33.2 Å². The molecule has 0 unspecified atom stereocenters. The van der Waals surface area contributed by atoms with E-state index in [9.17, 15) is 18.0 Å². The average Bonchev–Trinajstić information content (AvgIpc) is 3.81. The van der Waals surface area contributed by atoms with Crippen LogP contribution in [0.5, 0.6) is 5.75 Å². The molecule has 14 nitrogen and oxygen atoms in total. The van der Waals surface area contributed by atoms with Crippen molar-refractivity contribution in [2.75, 3.05) is 29.9 Å². The summed E-state index contributed by atoms with van der Waals surface area (Å²) >= 11 is 0. The number of aromatic nitrogens is 5. The van der Waals surface area contributed by atoms with Crippen LogP contribution in [0.25, 0.3) is 22.6 Å². The highest BCUT2D eigenvalue weighted by Crippen LogP contribution is 2.39. The molecule has 15 heteroatoms. The summed E-state index contributed by atoms with van der Waals surface area (Å²) in [5.74, 6) is -0.265. The minimum atomic E-state index is -3.65. The Morgan fingerprint density at radius 1 is 0.911 bits per heavy atom. The van der Waals surface area contributed by atoms with Crippen molar-refractivity contribution in [2.24, 2.45) is 0 Å². The number of methoxy groups -OCH3 is 1. The fourth-order valence-electron chi connectivity index (χ4n) is 6.02. The molecule has 56 heavy (non-hydrogen) atoms. The predicted octanol–water partition coefficient (Wildman–Crippen LogP) is 6.83. The van der Waals surface area contributed by atoms with Crippen LogP contribution < -0.4 is 20.1 Å². The summed E-state index contributed by atoms with van der Waals surface area (Å²) in [7, 11) is -2.24. The lowest BCUT2D eigenvalue weighted by atomic mass is 9.86. The van der Waals surface area contributed by atoms with Gasteiger partial charge in [-0.05, 0) is 65.4 Å². The number of rotatable bonds is 13. The van der Waals surface area contributed by atoms with Crippen LogP contribution >= 0.6 is 0 Å². The van der Waals surface area contributed by atoms with Gasteiger partial charge in [-0.2, -0.15) is 5.10 Å². The van der Waals surface area contributed by atoms with E-state index in [0.29, 0.717) is 29.1 Å². The molecule has 6 aromatic rings. The summed E-state index contributed by atoms with van der Waals surface area (Å²) in [6.45, 7) is 8.30. The van der Waals surface area contributed by atoms with Gasteiger partial charge >= 0.3 is 6.09 Å². The Balaban J connectivity index is 1.25. The Morgan fingerprint density at radius 2 is 1.61 bits per heavy atom. The van der Waals surface area contributed by atoms with Gasteiger partial charge in [0.05, 0.1) is 54.2 Å². The van der Waals surface area contributed by atoms with Gasteiger partial charge in [-0.3, -0.25) is 9.52 Å². The number of nitrogens with zero attached hydrogens (tertiary/aromatic N) is 5. The van der Waals surface area contributed by atoms with E-state index in [1.165, 1.54) is 7.11 Å². The Bertz CT molecular complexity index is 2460. The van der Waals surface area contributed by atoms with Crippen molar-refractivity contribution in [1.29, 1.82) is 0 Å². The van der Waals surface area contributed by atoms with Crippen molar-refractivity contribution < 1.29 is 27.5 Å². The van der Waals surface area contributed by atoms with Gasteiger partial charge in [-0.1, -0.05) is 80.6 Å². The number of alkyl carbamates (subject to hydrolysis) is 1. The first kappa shape index (κ1) is 39.2. The highest BCUT2D eigenvalue weighted by atomic mass is 32.2. The van der Waals surface area contributed by atoms with Gasteiger partial charge in [0.1, 0.15) is 12.3 Å². The first-order chi connectivity index (χ1) is 26.7. The quantitative estimate of drug-likeness (QED) is 0.114. The SMILES string of the molecule is COc1c(NC(=O)c2ccc(C)c(-n3cc(-c4cnn(-c5ccccc5)c4CCNC(=O)OCc4ccccc4)nn3)c2)cc(C(C)(C)C)cc1NS(C)(=O)=O. The lowest BCUT2D eigenvalue weighted by Crippen LogP contribution is -2.27. The molecule has 3 N–H and O–H groups in total. The molecule has 2 heterocycles. The van der Waals surface area contributed by atoms with E-state index < -0.39 is 22.0 Å². The molecule has 4 aromatic carbocycles. The third-order valence-corrected chi connectivity index (χ3v) is 9.49. The molecule has 0 aliphatic heterocycles. The van der Waals surface area contributed by atoms with Crippen molar-refractivity contribution in [3.8, 4) is 28.4 Å². The van der Waals surface area contributed by atoms with Gasteiger partial charge in [0.25, 0.3) is 5.91 Å². The number of para-hydroxylation sites is 1. The third kappa shape index (κ3) is 9.41. The zero-order valence-corrected chi connectivity index (χ0v) is 32.8. The number of sulfonamides is 1. The van der Waals surface area contributed by atoms with E-state index in [2.05, 4.69) is 30.8 Å². The molecule has 0 atom stereocenters. The largest absolute Gasteiger partial charge is 0.492 e. The second-order valence-electron chi connectivity index (χ2n) is 14.2. The highest BCUT2D eigenvalue weighted by Gasteiger charge is 2.23. The minimum absolute atomic E-state index is 0.160. The normalized spacial score (nSPS) is 11.5. The summed E-state index contributed by atoms with van der Waals surface area (Å²) in [5.41, 5.74) is 6.50. The molecule has 290 valence electrons. The molecule has 2 aromatic heterocycles. The summed E-state index contributed by atoms with van der Waals surface area (Å²) < 4.78 is 41.3. The molecule has 0 radical (unpaired) electrons. The topological polar surface area (TPSA) is 171 Å². The van der Waals surface area contributed by atoms with Crippen molar-refractivity contribution in [3.63, 3.8) is 0 Å². The molecule has 0 saturated heterocycles. The number of benzene rings is 4. The minimum Gasteiger partial charge on any atom is -0.492 e. The van der Waals surface area contributed by atoms with Crippen LogP contribution in [0.3, 0.4) is 0 Å². The molecule has 0 spiro atoms. The first-order valence-corrected chi connectivity index (χ1v) is 19.7. The van der Waals surface area contributed by atoms with Crippen LogP contribution in [0.2, 0.25) is 0 Å². The highest BCUT2D eigenvalue weighted by molar-refractivity contribution is 7.92. The summed E-state index contributed by atoms with van der Waals surface area (Å²) in [4.78, 5) is 26.3. The number of amides is 2. The predicted molar refractivity (Wildman–Crippen MR) is 215 cm³/mol. The molecule has 0 saturated carbocycles. The number of hydrogen-bond donors (Lipinski definition) is 3. The van der Waals surface area contributed by atoms with Crippen molar-refractivity contribution in [1.82, 2.24) is 30.1 Å². The Hall–Kier alpha value is -6.48. The van der Waals surface area contributed by atoms with Crippen LogP contribution in [0.1, 0.15) is 53.5 Å². The number of ether oxygens (including phenoxy) is 2. The zero-order chi connectivity index (χ0) is 40.0. The smallest absolute Gasteiger partial charge is 0.407 e. The maximum atomic E-state index is 13.8. The Morgan fingerprint density at radius 3 is 2.29 bits per heavy atom. The number of anilines is 2. The average molecular weight is 777 g/mol. The van der Waals surface area contributed by atoms with Crippen molar-refractivity contribution in [3.05, 3.63) is 131 Å². The van der Waals surface area contributed by atoms with E-state index in [0.717, 1.165) is 39.9 Å². The second-order valence-corrected chi connectivity index (χ2v) is 16.0. The van der Waals surface area contributed by atoms with Crippen LogP contribution in [0.4, 0.5) is 16.2 Å². The van der Waals surface area contributed by atoms with Crippen molar-refractivity contribution >= 4 is 33.4 Å². The molecule has 6 rings (SSSR count). The Labute approximate surface area is 325 Å². The number of carbonyl (C=O) groups is 2. The van der Waals surface area contributed by atoms with E-state index >= 15 is 0 Å². The summed E-state index contributed by atoms with van der Waals surface area (Å²) in [6.07, 6.45) is 4.41. The fourth-order valence-corrected chi connectivity index (χ4v) is 6.58. The molecule has 0 aliphatic carbocycles.